The number of halogens is 2. The highest BCUT2D eigenvalue weighted by molar-refractivity contribution is 5.86. The van der Waals surface area contributed by atoms with Crippen LogP contribution in [0.15, 0.2) is 30.5 Å². The van der Waals surface area contributed by atoms with Crippen molar-refractivity contribution in [3.8, 4) is 0 Å². The maximum Gasteiger partial charge on any atom is 0.0481 e. The van der Waals surface area contributed by atoms with Gasteiger partial charge in [-0.15, -0.1) is 24.8 Å². The van der Waals surface area contributed by atoms with Crippen molar-refractivity contribution in [2.75, 3.05) is 26.2 Å². The number of rotatable bonds is 3. The molecule has 0 amide bonds. The molecule has 2 aliphatic rings. The molecule has 0 spiro atoms. The molecule has 1 aromatic heterocycles. The van der Waals surface area contributed by atoms with E-state index in [1.54, 1.807) is 5.56 Å². The molecule has 1 aromatic carbocycles. The Kier molecular flexibility index (Phi) is 6.38. The third-order valence-corrected chi connectivity index (χ3v) is 5.39. The summed E-state index contributed by atoms with van der Waals surface area (Å²) in [6.07, 6.45) is 6.60. The van der Waals surface area contributed by atoms with E-state index in [2.05, 4.69) is 52.3 Å². The van der Waals surface area contributed by atoms with Gasteiger partial charge >= 0.3 is 0 Å². The highest BCUT2D eigenvalue weighted by Crippen LogP contribution is 2.43. The number of hydrogen-bond donors (Lipinski definition) is 1. The number of aromatic nitrogens is 1. The second-order valence-corrected chi connectivity index (χ2v) is 6.63. The minimum atomic E-state index is 0. The summed E-state index contributed by atoms with van der Waals surface area (Å²) < 4.78 is 2.30. The molecule has 1 aliphatic carbocycles. The number of nitrogens with one attached hydrogen (secondary N) is 1. The van der Waals surface area contributed by atoms with Crippen molar-refractivity contribution < 1.29 is 0 Å². The van der Waals surface area contributed by atoms with E-state index in [1.165, 1.54) is 43.3 Å². The Hall–Kier alpha value is -0.740. The first-order valence-electron chi connectivity index (χ1n) is 8.33. The number of para-hydroxylation sites is 1. The average molecular weight is 356 g/mol. The molecular weight excluding hydrogens is 329 g/mol. The zero-order valence-corrected chi connectivity index (χ0v) is 15.3. The molecule has 2 fully saturated rings. The molecule has 2 aromatic rings. The van der Waals surface area contributed by atoms with Crippen LogP contribution in [0.3, 0.4) is 0 Å². The quantitative estimate of drug-likeness (QED) is 0.904. The fourth-order valence-corrected chi connectivity index (χ4v) is 4.07. The molecule has 0 unspecified atom stereocenters. The Morgan fingerprint density at radius 3 is 2.43 bits per heavy atom. The minimum Gasteiger partial charge on any atom is -0.350 e. The highest BCUT2D eigenvalue weighted by atomic mass is 35.5. The third kappa shape index (κ3) is 3.39. The predicted molar refractivity (Wildman–Crippen MR) is 102 cm³/mol. The van der Waals surface area contributed by atoms with Crippen LogP contribution >= 0.6 is 24.8 Å². The lowest BCUT2D eigenvalue weighted by Crippen LogP contribution is -2.47. The lowest BCUT2D eigenvalue weighted by atomic mass is 9.76. The van der Waals surface area contributed by atoms with Gasteiger partial charge in [0.25, 0.3) is 0 Å². The first-order chi connectivity index (χ1) is 10.3. The summed E-state index contributed by atoms with van der Waals surface area (Å²) in [6.45, 7) is 4.64. The zero-order valence-electron chi connectivity index (χ0n) is 13.7. The molecule has 1 saturated heterocycles. The summed E-state index contributed by atoms with van der Waals surface area (Å²) in [7, 11) is 2.18. The molecule has 23 heavy (non-hydrogen) atoms. The number of hydrogen-bond acceptors (Lipinski definition) is 2. The summed E-state index contributed by atoms with van der Waals surface area (Å²) in [5.41, 5.74) is 2.92. The van der Waals surface area contributed by atoms with Gasteiger partial charge in [0.15, 0.2) is 0 Å². The highest BCUT2D eigenvalue weighted by Gasteiger charge is 2.35. The van der Waals surface area contributed by atoms with Crippen LogP contribution < -0.4 is 5.32 Å². The molecule has 2 heterocycles. The molecule has 1 N–H and O–H groups in total. The maximum absolute atomic E-state index is 3.49. The van der Waals surface area contributed by atoms with Gasteiger partial charge < -0.3 is 9.88 Å². The topological polar surface area (TPSA) is 20.2 Å². The van der Waals surface area contributed by atoms with E-state index in [0.29, 0.717) is 6.04 Å². The first kappa shape index (κ1) is 18.6. The Morgan fingerprint density at radius 1 is 1.09 bits per heavy atom. The predicted octanol–water partition coefficient (Wildman–Crippen LogP) is 3.77. The minimum absolute atomic E-state index is 0. The lowest BCUT2D eigenvalue weighted by molar-refractivity contribution is 0.0845. The van der Waals surface area contributed by atoms with Crippen LogP contribution in [-0.4, -0.2) is 35.6 Å². The molecule has 1 atom stereocenters. The normalized spacial score (nSPS) is 20.4. The van der Waals surface area contributed by atoms with Crippen molar-refractivity contribution in [3.63, 3.8) is 0 Å². The van der Waals surface area contributed by atoms with Gasteiger partial charge in [0.2, 0.25) is 0 Å². The smallest absolute Gasteiger partial charge is 0.0481 e. The summed E-state index contributed by atoms with van der Waals surface area (Å²) in [6, 6.07) is 9.50. The molecule has 0 bridgehead atoms. The largest absolute Gasteiger partial charge is 0.350 e. The molecule has 0 radical (unpaired) electrons. The van der Waals surface area contributed by atoms with Crippen LogP contribution in [-0.2, 0) is 7.05 Å². The standard InChI is InChI=1S/C18H25N3.2ClH/c1-20-13-16(15-7-2-3-8-17(15)20)18(14-5-4-6-14)21-11-9-19-10-12-21;;/h2-3,7-8,13-14,18-19H,4-6,9-12H2,1H3;2*1H/t18-;;/m0../s1. The Labute approximate surface area is 151 Å². The molecule has 1 saturated carbocycles. The van der Waals surface area contributed by atoms with E-state index in [1.807, 2.05) is 0 Å². The van der Waals surface area contributed by atoms with Crippen LogP contribution in [0.4, 0.5) is 0 Å². The molecule has 1 aliphatic heterocycles. The van der Waals surface area contributed by atoms with Crippen molar-refractivity contribution in [3.05, 3.63) is 36.0 Å². The van der Waals surface area contributed by atoms with Gasteiger partial charge in [0.1, 0.15) is 0 Å². The number of nitrogens with zero attached hydrogens (tertiary/aromatic N) is 2. The second-order valence-electron chi connectivity index (χ2n) is 6.63. The van der Waals surface area contributed by atoms with Gasteiger partial charge in [-0.25, -0.2) is 0 Å². The number of piperazine rings is 1. The van der Waals surface area contributed by atoms with Crippen LogP contribution in [0.25, 0.3) is 10.9 Å². The molecule has 5 heteroatoms. The van der Waals surface area contributed by atoms with Crippen molar-refractivity contribution in [2.24, 2.45) is 13.0 Å². The van der Waals surface area contributed by atoms with E-state index >= 15 is 0 Å². The van der Waals surface area contributed by atoms with E-state index in [0.717, 1.165) is 19.0 Å². The Morgan fingerprint density at radius 2 is 1.78 bits per heavy atom. The fraction of sp³-hybridized carbons (Fsp3) is 0.556. The summed E-state index contributed by atoms with van der Waals surface area (Å²) >= 11 is 0. The summed E-state index contributed by atoms with van der Waals surface area (Å²) in [5.74, 6) is 0.855. The van der Waals surface area contributed by atoms with E-state index in [-0.39, 0.29) is 24.8 Å². The average Bonchev–Trinajstić information content (AvgIpc) is 2.81. The Bertz CT molecular complexity index is 630. The zero-order chi connectivity index (χ0) is 14.2. The van der Waals surface area contributed by atoms with E-state index < -0.39 is 0 Å². The van der Waals surface area contributed by atoms with Gasteiger partial charge in [0, 0.05) is 56.4 Å². The maximum atomic E-state index is 3.49. The first-order valence-corrected chi connectivity index (χ1v) is 8.33. The summed E-state index contributed by atoms with van der Waals surface area (Å²) in [4.78, 5) is 2.72. The molecule has 4 rings (SSSR count). The fourth-order valence-electron chi connectivity index (χ4n) is 4.07. The van der Waals surface area contributed by atoms with Crippen molar-refractivity contribution in [1.82, 2.24) is 14.8 Å². The van der Waals surface area contributed by atoms with Gasteiger partial charge in [-0.1, -0.05) is 24.6 Å². The van der Waals surface area contributed by atoms with Crippen molar-refractivity contribution in [1.29, 1.82) is 0 Å². The van der Waals surface area contributed by atoms with Gasteiger partial charge in [-0.2, -0.15) is 0 Å². The number of benzene rings is 1. The molecule has 3 nitrogen and oxygen atoms in total. The number of fused-ring (bicyclic) bond motifs is 1. The van der Waals surface area contributed by atoms with Crippen LogP contribution in [0, 0.1) is 5.92 Å². The van der Waals surface area contributed by atoms with Crippen molar-refractivity contribution >= 4 is 35.7 Å². The number of aryl methyl sites for hydroxylation is 1. The van der Waals surface area contributed by atoms with E-state index in [4.69, 9.17) is 0 Å². The van der Waals surface area contributed by atoms with Crippen LogP contribution in [0.5, 0.6) is 0 Å². The molecular formula is C18H27Cl2N3. The Balaban J connectivity index is 0.000000960. The van der Waals surface area contributed by atoms with Gasteiger partial charge in [-0.3, -0.25) is 4.90 Å². The third-order valence-electron chi connectivity index (χ3n) is 5.39. The van der Waals surface area contributed by atoms with Crippen LogP contribution in [0.1, 0.15) is 30.9 Å². The van der Waals surface area contributed by atoms with E-state index in [9.17, 15) is 0 Å². The van der Waals surface area contributed by atoms with Crippen molar-refractivity contribution in [2.45, 2.75) is 25.3 Å². The van der Waals surface area contributed by atoms with Gasteiger partial charge in [-0.05, 0) is 30.4 Å². The SMILES string of the molecule is Cl.Cl.Cn1cc([C@H](C2CCC2)N2CCNCC2)c2ccccc21. The molecule has 128 valence electrons. The summed E-state index contributed by atoms with van der Waals surface area (Å²) in [5, 5.41) is 4.95. The second kappa shape index (κ2) is 7.89. The lowest BCUT2D eigenvalue weighted by Gasteiger charge is -2.43. The van der Waals surface area contributed by atoms with Gasteiger partial charge in [0.05, 0.1) is 0 Å². The van der Waals surface area contributed by atoms with Crippen LogP contribution in [0.2, 0.25) is 0 Å². The monoisotopic (exact) mass is 355 g/mol.